The van der Waals surface area contributed by atoms with Crippen LogP contribution >= 0.6 is 23.2 Å². The van der Waals surface area contributed by atoms with Crippen molar-refractivity contribution in [1.82, 2.24) is 4.98 Å². The first-order chi connectivity index (χ1) is 14.9. The Bertz CT molecular complexity index is 1230. The fourth-order valence-electron chi connectivity index (χ4n) is 3.35. The molecule has 0 fully saturated rings. The van der Waals surface area contributed by atoms with E-state index in [1.54, 1.807) is 24.3 Å². The average Bonchev–Trinajstić information content (AvgIpc) is 3.19. The van der Waals surface area contributed by atoms with Crippen LogP contribution in [0.3, 0.4) is 0 Å². The van der Waals surface area contributed by atoms with Crippen LogP contribution in [-0.4, -0.2) is 10.9 Å². The second-order valence-corrected chi connectivity index (χ2v) is 8.45. The molecule has 31 heavy (non-hydrogen) atoms. The third-order valence-corrected chi connectivity index (χ3v) is 5.94. The number of aromatic nitrogens is 1. The lowest BCUT2D eigenvalue weighted by molar-refractivity contribution is -0.115. The van der Waals surface area contributed by atoms with E-state index >= 15 is 0 Å². The molecule has 0 spiro atoms. The quantitative estimate of drug-likeness (QED) is 0.329. The van der Waals surface area contributed by atoms with Crippen LogP contribution in [0.5, 0.6) is 0 Å². The summed E-state index contributed by atoms with van der Waals surface area (Å²) in [5.74, 6) is 0.779. The van der Waals surface area contributed by atoms with Gasteiger partial charge in [0, 0.05) is 10.6 Å². The molecule has 1 aromatic heterocycles. The number of oxazole rings is 1. The van der Waals surface area contributed by atoms with Crippen molar-refractivity contribution in [1.29, 1.82) is 0 Å². The monoisotopic (exact) mass is 452 g/mol. The van der Waals surface area contributed by atoms with Gasteiger partial charge in [-0.25, -0.2) is 4.98 Å². The van der Waals surface area contributed by atoms with Crippen LogP contribution in [0.25, 0.3) is 22.6 Å². The summed E-state index contributed by atoms with van der Waals surface area (Å²) >= 11 is 12.2. The minimum absolute atomic E-state index is 0.169. The predicted molar refractivity (Wildman–Crippen MR) is 127 cm³/mol. The maximum atomic E-state index is 12.5. The molecule has 0 aliphatic rings. The van der Waals surface area contributed by atoms with E-state index in [1.807, 2.05) is 24.3 Å². The summed E-state index contributed by atoms with van der Waals surface area (Å²) in [4.78, 5) is 17.1. The van der Waals surface area contributed by atoms with Crippen LogP contribution in [-0.2, 0) is 11.2 Å². The number of anilines is 1. The SMILES string of the molecule is CC[C@H](C)c1ccc2oc(-c3ccc(Cl)c(NC(=O)Cc4ccc(Cl)cc4)c3)nc2c1. The van der Waals surface area contributed by atoms with Crippen LogP contribution in [0, 0.1) is 0 Å². The highest BCUT2D eigenvalue weighted by atomic mass is 35.5. The predicted octanol–water partition coefficient (Wildman–Crippen LogP) is 7.50. The normalized spacial score (nSPS) is 12.1. The Hall–Kier alpha value is -2.82. The van der Waals surface area contributed by atoms with Crippen LogP contribution in [0.15, 0.2) is 65.1 Å². The number of hydrogen-bond acceptors (Lipinski definition) is 3. The van der Waals surface area contributed by atoms with E-state index in [4.69, 9.17) is 27.6 Å². The molecule has 1 heterocycles. The fraction of sp³-hybridized carbons (Fsp3) is 0.200. The third kappa shape index (κ3) is 4.92. The summed E-state index contributed by atoms with van der Waals surface area (Å²) in [6, 6.07) is 18.6. The number of rotatable bonds is 6. The number of hydrogen-bond donors (Lipinski definition) is 1. The lowest BCUT2D eigenvalue weighted by Crippen LogP contribution is -2.14. The van der Waals surface area contributed by atoms with Gasteiger partial charge in [-0.05, 0) is 65.9 Å². The van der Waals surface area contributed by atoms with E-state index in [1.165, 1.54) is 5.56 Å². The molecule has 1 atom stereocenters. The molecule has 0 saturated carbocycles. The van der Waals surface area contributed by atoms with Crippen LogP contribution < -0.4 is 5.32 Å². The average molecular weight is 453 g/mol. The van der Waals surface area contributed by atoms with Crippen molar-refractivity contribution < 1.29 is 9.21 Å². The smallest absolute Gasteiger partial charge is 0.228 e. The van der Waals surface area contributed by atoms with E-state index < -0.39 is 0 Å². The summed E-state index contributed by atoms with van der Waals surface area (Å²) in [6.45, 7) is 4.36. The van der Waals surface area contributed by atoms with Gasteiger partial charge in [0.2, 0.25) is 11.8 Å². The molecule has 4 nitrogen and oxygen atoms in total. The van der Waals surface area contributed by atoms with Crippen molar-refractivity contribution in [3.63, 3.8) is 0 Å². The fourth-order valence-corrected chi connectivity index (χ4v) is 3.64. The van der Waals surface area contributed by atoms with Crippen molar-refractivity contribution in [3.8, 4) is 11.5 Å². The number of carbonyl (C=O) groups is 1. The lowest BCUT2D eigenvalue weighted by Gasteiger charge is -2.09. The Morgan fingerprint density at radius 2 is 1.84 bits per heavy atom. The van der Waals surface area contributed by atoms with Gasteiger partial charge in [0.25, 0.3) is 0 Å². The number of nitrogens with one attached hydrogen (secondary N) is 1. The summed E-state index contributed by atoms with van der Waals surface area (Å²) < 4.78 is 5.95. The summed E-state index contributed by atoms with van der Waals surface area (Å²) in [5, 5.41) is 3.96. The molecule has 1 N–H and O–H groups in total. The summed E-state index contributed by atoms with van der Waals surface area (Å²) in [6.07, 6.45) is 1.28. The lowest BCUT2D eigenvalue weighted by atomic mass is 9.98. The van der Waals surface area contributed by atoms with Gasteiger partial charge in [0.15, 0.2) is 5.58 Å². The second kappa shape index (κ2) is 9.13. The van der Waals surface area contributed by atoms with Gasteiger partial charge in [-0.3, -0.25) is 4.79 Å². The molecule has 6 heteroatoms. The highest BCUT2D eigenvalue weighted by molar-refractivity contribution is 6.33. The molecule has 4 aromatic rings. The van der Waals surface area contributed by atoms with Crippen LogP contribution in [0.4, 0.5) is 5.69 Å². The highest BCUT2D eigenvalue weighted by Gasteiger charge is 2.14. The van der Waals surface area contributed by atoms with Gasteiger partial charge in [-0.15, -0.1) is 0 Å². The third-order valence-electron chi connectivity index (χ3n) is 5.36. The highest BCUT2D eigenvalue weighted by Crippen LogP contribution is 2.32. The van der Waals surface area contributed by atoms with Crippen LogP contribution in [0.2, 0.25) is 10.0 Å². The van der Waals surface area contributed by atoms with Crippen molar-refractivity contribution in [2.24, 2.45) is 0 Å². The van der Waals surface area contributed by atoms with Gasteiger partial charge in [-0.2, -0.15) is 0 Å². The minimum Gasteiger partial charge on any atom is -0.436 e. The standard InChI is InChI=1S/C25H22Cl2N2O2/c1-3-15(2)17-7-11-23-22(13-17)29-25(31-23)18-6-10-20(27)21(14-18)28-24(30)12-16-4-8-19(26)9-5-16/h4-11,13-15H,3,12H2,1-2H3,(H,28,30)/t15-/m0/s1. The molecular weight excluding hydrogens is 431 g/mol. The van der Waals surface area contributed by atoms with E-state index in [2.05, 4.69) is 36.3 Å². The zero-order valence-electron chi connectivity index (χ0n) is 17.3. The van der Waals surface area contributed by atoms with Crippen molar-refractivity contribution in [3.05, 3.63) is 81.8 Å². The van der Waals surface area contributed by atoms with E-state index in [0.717, 1.165) is 28.6 Å². The Morgan fingerprint density at radius 3 is 2.58 bits per heavy atom. The molecule has 0 aliphatic carbocycles. The molecule has 0 aliphatic heterocycles. The molecule has 0 saturated heterocycles. The summed E-state index contributed by atoms with van der Waals surface area (Å²) in [7, 11) is 0. The number of halogens is 2. The van der Waals surface area contributed by atoms with Gasteiger partial charge < -0.3 is 9.73 Å². The topological polar surface area (TPSA) is 55.1 Å². The zero-order chi connectivity index (χ0) is 22.0. The number of nitrogens with zero attached hydrogens (tertiary/aromatic N) is 1. The molecule has 3 aromatic carbocycles. The van der Waals surface area contributed by atoms with Gasteiger partial charge in [0.05, 0.1) is 17.1 Å². The van der Waals surface area contributed by atoms with E-state index in [0.29, 0.717) is 27.5 Å². The maximum Gasteiger partial charge on any atom is 0.228 e. The first-order valence-electron chi connectivity index (χ1n) is 10.2. The minimum atomic E-state index is -0.169. The largest absolute Gasteiger partial charge is 0.436 e. The molecular formula is C25H22Cl2N2O2. The van der Waals surface area contributed by atoms with E-state index in [-0.39, 0.29) is 12.3 Å². The first kappa shape index (κ1) is 21.4. The number of fused-ring (bicyclic) bond motifs is 1. The molecule has 0 radical (unpaired) electrons. The Kier molecular flexibility index (Phi) is 6.30. The Morgan fingerprint density at radius 1 is 1.06 bits per heavy atom. The van der Waals surface area contributed by atoms with Gasteiger partial charge in [0.1, 0.15) is 5.52 Å². The van der Waals surface area contributed by atoms with Gasteiger partial charge in [-0.1, -0.05) is 55.2 Å². The molecule has 158 valence electrons. The number of carbonyl (C=O) groups excluding carboxylic acids is 1. The maximum absolute atomic E-state index is 12.5. The van der Waals surface area contributed by atoms with Crippen molar-refractivity contribution in [2.75, 3.05) is 5.32 Å². The van der Waals surface area contributed by atoms with Gasteiger partial charge >= 0.3 is 0 Å². The number of benzene rings is 3. The van der Waals surface area contributed by atoms with E-state index in [9.17, 15) is 4.79 Å². The molecule has 4 rings (SSSR count). The molecule has 0 bridgehead atoms. The van der Waals surface area contributed by atoms with Crippen LogP contribution in [0.1, 0.15) is 37.3 Å². The molecule has 1 amide bonds. The zero-order valence-corrected chi connectivity index (χ0v) is 18.8. The Labute approximate surface area is 191 Å². The molecule has 0 unspecified atom stereocenters. The van der Waals surface area contributed by atoms with Crippen molar-refractivity contribution in [2.45, 2.75) is 32.6 Å². The summed E-state index contributed by atoms with van der Waals surface area (Å²) in [5.41, 5.74) is 4.90. The second-order valence-electron chi connectivity index (χ2n) is 7.60. The number of amides is 1. The first-order valence-corrected chi connectivity index (χ1v) is 10.9. The van der Waals surface area contributed by atoms with Crippen molar-refractivity contribution >= 4 is 45.9 Å². The Balaban J connectivity index is 1.57.